The number of unbranched alkanes of at least 4 members (excludes halogenated alkanes) is 1. The van der Waals surface area contributed by atoms with E-state index in [4.69, 9.17) is 5.26 Å². The topological polar surface area (TPSA) is 27.0 Å². The summed E-state index contributed by atoms with van der Waals surface area (Å²) in [4.78, 5) is 2.30. The Kier molecular flexibility index (Phi) is 23.1. The number of hydrogen-bond donors (Lipinski definition) is 0. The molecule has 0 spiro atoms. The maximum atomic E-state index is 8.95. The van der Waals surface area contributed by atoms with Crippen LogP contribution in [-0.4, -0.2) is 17.5 Å². The molecule has 0 aliphatic rings. The zero-order valence-electron chi connectivity index (χ0n) is 16.5. The fourth-order valence-corrected chi connectivity index (χ4v) is 1.91. The number of hydrogen-bond acceptors (Lipinski definition) is 2. The van der Waals surface area contributed by atoms with Crippen molar-refractivity contribution in [1.82, 2.24) is 4.90 Å². The average molecular weight is 309 g/mol. The Morgan fingerprint density at radius 3 is 1.86 bits per heavy atom. The quantitative estimate of drug-likeness (QED) is 0.368. The SMILES string of the molecule is C=CCN(/C(C)=C(/C)C#N)C(CC)CCC.CC.CCCC. The summed E-state index contributed by atoms with van der Waals surface area (Å²) in [5.41, 5.74) is 1.89. The minimum atomic E-state index is 0.520. The van der Waals surface area contributed by atoms with Crippen molar-refractivity contribution < 1.29 is 0 Å². The highest BCUT2D eigenvalue weighted by Gasteiger charge is 2.16. The van der Waals surface area contributed by atoms with Gasteiger partial charge in [0.25, 0.3) is 0 Å². The van der Waals surface area contributed by atoms with E-state index in [0.717, 1.165) is 24.2 Å². The van der Waals surface area contributed by atoms with Crippen LogP contribution in [0.3, 0.4) is 0 Å². The predicted molar refractivity (Wildman–Crippen MR) is 102 cm³/mol. The molecule has 0 aromatic carbocycles. The first kappa shape index (κ1) is 25.7. The summed E-state index contributed by atoms with van der Waals surface area (Å²) < 4.78 is 0. The third-order valence-corrected chi connectivity index (χ3v) is 3.50. The number of rotatable bonds is 8. The molecular weight excluding hydrogens is 268 g/mol. The van der Waals surface area contributed by atoms with Gasteiger partial charge in [0.2, 0.25) is 0 Å². The molecule has 0 N–H and O–H groups in total. The minimum absolute atomic E-state index is 0.520. The van der Waals surface area contributed by atoms with Crippen molar-refractivity contribution in [2.24, 2.45) is 0 Å². The molecule has 1 atom stereocenters. The summed E-state index contributed by atoms with van der Waals surface area (Å²) in [5.74, 6) is 0. The lowest BCUT2D eigenvalue weighted by molar-refractivity contribution is 0.252. The van der Waals surface area contributed by atoms with E-state index in [1.165, 1.54) is 25.7 Å². The van der Waals surface area contributed by atoms with E-state index < -0.39 is 0 Å². The zero-order valence-corrected chi connectivity index (χ0v) is 16.5. The van der Waals surface area contributed by atoms with Crippen molar-refractivity contribution in [3.05, 3.63) is 23.9 Å². The molecule has 2 nitrogen and oxygen atoms in total. The fraction of sp³-hybridized carbons (Fsp3) is 0.750. The van der Waals surface area contributed by atoms with Crippen LogP contribution >= 0.6 is 0 Å². The van der Waals surface area contributed by atoms with E-state index in [2.05, 4.69) is 45.2 Å². The summed E-state index contributed by atoms with van der Waals surface area (Å²) in [6.45, 7) is 21.3. The Balaban J connectivity index is -0.000000516. The van der Waals surface area contributed by atoms with Crippen LogP contribution in [0, 0.1) is 11.3 Å². The highest BCUT2D eigenvalue weighted by Crippen LogP contribution is 2.19. The first-order valence-corrected chi connectivity index (χ1v) is 8.98. The first-order chi connectivity index (χ1) is 10.5. The Hall–Kier alpha value is -1.23. The molecule has 0 saturated heterocycles. The molecule has 0 saturated carbocycles. The van der Waals surface area contributed by atoms with E-state index in [-0.39, 0.29) is 0 Å². The van der Waals surface area contributed by atoms with Gasteiger partial charge in [0, 0.05) is 23.9 Å². The first-order valence-electron chi connectivity index (χ1n) is 8.98. The molecule has 22 heavy (non-hydrogen) atoms. The number of nitriles is 1. The summed E-state index contributed by atoms with van der Waals surface area (Å²) in [5, 5.41) is 8.95. The molecule has 0 aliphatic carbocycles. The van der Waals surface area contributed by atoms with Gasteiger partial charge in [-0.1, -0.05) is 66.9 Å². The Morgan fingerprint density at radius 1 is 1.09 bits per heavy atom. The van der Waals surface area contributed by atoms with Crippen LogP contribution in [0.1, 0.15) is 87.5 Å². The Labute approximate surface area is 140 Å². The van der Waals surface area contributed by atoms with E-state index >= 15 is 0 Å². The van der Waals surface area contributed by atoms with Crippen molar-refractivity contribution in [2.75, 3.05) is 6.54 Å². The summed E-state index contributed by atoms with van der Waals surface area (Å²) in [6.07, 6.45) is 8.00. The van der Waals surface area contributed by atoms with E-state index in [1.807, 2.05) is 33.8 Å². The van der Waals surface area contributed by atoms with Crippen LogP contribution in [0.25, 0.3) is 0 Å². The van der Waals surface area contributed by atoms with Gasteiger partial charge in [-0.3, -0.25) is 0 Å². The van der Waals surface area contributed by atoms with Gasteiger partial charge in [0.1, 0.15) is 0 Å². The Bertz CT molecular complexity index is 308. The minimum Gasteiger partial charge on any atom is -0.368 e. The van der Waals surface area contributed by atoms with Gasteiger partial charge in [0.05, 0.1) is 6.07 Å². The van der Waals surface area contributed by atoms with Gasteiger partial charge in [-0.2, -0.15) is 5.26 Å². The third-order valence-electron chi connectivity index (χ3n) is 3.50. The highest BCUT2D eigenvalue weighted by atomic mass is 15.2. The second-order valence-electron chi connectivity index (χ2n) is 5.11. The van der Waals surface area contributed by atoms with Crippen molar-refractivity contribution in [3.8, 4) is 6.07 Å². The molecule has 2 heteroatoms. The van der Waals surface area contributed by atoms with Crippen LogP contribution in [0.4, 0.5) is 0 Å². The molecule has 0 aliphatic heterocycles. The van der Waals surface area contributed by atoms with Gasteiger partial charge in [0.15, 0.2) is 0 Å². The molecule has 0 bridgehead atoms. The van der Waals surface area contributed by atoms with Gasteiger partial charge >= 0.3 is 0 Å². The molecule has 1 unspecified atom stereocenters. The summed E-state index contributed by atoms with van der Waals surface area (Å²) >= 11 is 0. The van der Waals surface area contributed by atoms with Crippen LogP contribution < -0.4 is 0 Å². The third kappa shape index (κ3) is 12.5. The number of allylic oxidation sites excluding steroid dienone is 2. The average Bonchev–Trinajstić information content (AvgIpc) is 2.58. The molecule has 0 aromatic rings. The molecule has 0 radical (unpaired) electrons. The van der Waals surface area contributed by atoms with Crippen molar-refractivity contribution in [2.45, 2.75) is 93.5 Å². The molecule has 0 fully saturated rings. The lowest BCUT2D eigenvalue weighted by Crippen LogP contribution is -2.34. The van der Waals surface area contributed by atoms with Gasteiger partial charge in [-0.05, 0) is 26.7 Å². The lowest BCUT2D eigenvalue weighted by atomic mass is 10.1. The fourth-order valence-electron chi connectivity index (χ4n) is 1.91. The molecule has 0 rings (SSSR count). The standard InChI is InChI=1S/C14H24N2.C4H10.C2H6/c1-6-9-14(8-3)16(10-7-2)13(5)12(4)11-15;1-3-4-2;1-2/h7,14H,2,6,8-10H2,1,3-5H3;3-4H2,1-2H3;1-2H3/b13-12-;;. The van der Waals surface area contributed by atoms with Crippen molar-refractivity contribution in [3.63, 3.8) is 0 Å². The maximum Gasteiger partial charge on any atom is 0.0962 e. The van der Waals surface area contributed by atoms with Crippen molar-refractivity contribution in [1.29, 1.82) is 5.26 Å². The number of nitrogens with zero attached hydrogens (tertiary/aromatic N) is 2. The molecule has 0 aromatic heterocycles. The van der Waals surface area contributed by atoms with E-state index in [9.17, 15) is 0 Å². The smallest absolute Gasteiger partial charge is 0.0962 e. The molecular formula is C20H40N2. The van der Waals surface area contributed by atoms with E-state index in [0.29, 0.717) is 6.04 Å². The second kappa shape index (κ2) is 19.8. The molecule has 0 heterocycles. The normalized spacial score (nSPS) is 11.6. The molecule has 0 amide bonds. The second-order valence-corrected chi connectivity index (χ2v) is 5.11. The Morgan fingerprint density at radius 2 is 1.59 bits per heavy atom. The van der Waals surface area contributed by atoms with Gasteiger partial charge in [-0.15, -0.1) is 6.58 Å². The maximum absolute atomic E-state index is 8.95. The largest absolute Gasteiger partial charge is 0.368 e. The van der Waals surface area contributed by atoms with E-state index in [1.54, 1.807) is 0 Å². The highest BCUT2D eigenvalue weighted by molar-refractivity contribution is 5.24. The predicted octanol–water partition coefficient (Wildman–Crippen LogP) is 6.70. The van der Waals surface area contributed by atoms with Gasteiger partial charge in [-0.25, -0.2) is 0 Å². The monoisotopic (exact) mass is 308 g/mol. The van der Waals surface area contributed by atoms with Crippen LogP contribution in [0.15, 0.2) is 23.9 Å². The molecule has 130 valence electrons. The van der Waals surface area contributed by atoms with Crippen LogP contribution in [-0.2, 0) is 0 Å². The zero-order chi connectivity index (χ0) is 18.0. The van der Waals surface area contributed by atoms with Gasteiger partial charge < -0.3 is 4.90 Å². The van der Waals surface area contributed by atoms with Crippen LogP contribution in [0.2, 0.25) is 0 Å². The lowest BCUT2D eigenvalue weighted by Gasteiger charge is -2.33. The summed E-state index contributed by atoms with van der Waals surface area (Å²) in [6, 6.07) is 2.75. The summed E-state index contributed by atoms with van der Waals surface area (Å²) in [7, 11) is 0. The van der Waals surface area contributed by atoms with Crippen molar-refractivity contribution >= 4 is 0 Å². The van der Waals surface area contributed by atoms with Crippen LogP contribution in [0.5, 0.6) is 0 Å².